The molecule has 25 nitrogen and oxygen atoms in total. The zero-order valence-electron chi connectivity index (χ0n) is 42.4. The molecular weight excluding hydrogens is 920 g/mol. The minimum absolute atomic E-state index is 0.0155. The van der Waals surface area contributed by atoms with Crippen LogP contribution in [0.5, 0.6) is 0 Å². The summed E-state index contributed by atoms with van der Waals surface area (Å²) < 4.78 is 35.1. The van der Waals surface area contributed by atoms with Gasteiger partial charge in [0.1, 0.15) is 59.0 Å². The number of carboxylic acid groups (broad SMARTS) is 1. The van der Waals surface area contributed by atoms with Crippen LogP contribution in [0.4, 0.5) is 19.2 Å². The lowest BCUT2D eigenvalue weighted by molar-refractivity contribution is -0.338. The van der Waals surface area contributed by atoms with Gasteiger partial charge in [-0.25, -0.2) is 24.0 Å². The quantitative estimate of drug-likeness (QED) is 0.0975. The van der Waals surface area contributed by atoms with E-state index in [9.17, 15) is 43.5 Å². The van der Waals surface area contributed by atoms with E-state index in [1.165, 1.54) is 9.80 Å². The predicted octanol–water partition coefficient (Wildman–Crippen LogP) is 1.73. The van der Waals surface area contributed by atoms with E-state index in [0.717, 1.165) is 6.29 Å². The van der Waals surface area contributed by atoms with Crippen molar-refractivity contribution >= 4 is 48.7 Å². The van der Waals surface area contributed by atoms with Gasteiger partial charge in [-0.1, -0.05) is 0 Å². The highest BCUT2D eigenvalue weighted by Crippen LogP contribution is 2.31. The third kappa shape index (κ3) is 26.1. The Balaban J connectivity index is 0.000000845. The van der Waals surface area contributed by atoms with Gasteiger partial charge in [0.25, 0.3) is 0 Å². The molecule has 0 aromatic carbocycles. The van der Waals surface area contributed by atoms with Crippen LogP contribution in [0, 0.1) is 0 Å². The number of carbonyl (C=O) groups is 8. The van der Waals surface area contributed by atoms with Gasteiger partial charge in [-0.15, -0.1) is 0 Å². The van der Waals surface area contributed by atoms with Gasteiger partial charge in [-0.3, -0.25) is 14.6 Å². The first-order valence-electron chi connectivity index (χ1n) is 22.2. The van der Waals surface area contributed by atoms with Crippen LogP contribution in [0.15, 0.2) is 0 Å². The zero-order chi connectivity index (χ0) is 53.9. The number of alkyl carbamates (subject to hydrolysis) is 2. The number of aliphatic hydroxyl groups excluding tert-OH is 4. The Labute approximate surface area is 403 Å². The Morgan fingerprint density at radius 3 is 1.58 bits per heavy atom. The molecule has 0 aromatic heterocycles. The summed E-state index contributed by atoms with van der Waals surface area (Å²) in [4.78, 5) is 90.1. The number of aldehydes is 2. The van der Waals surface area contributed by atoms with Crippen LogP contribution in [-0.4, -0.2) is 199 Å². The fourth-order valence-electron chi connectivity index (χ4n) is 5.73. The molecule has 0 bridgehead atoms. The number of carbonyl (C=O) groups excluding carboxylic acids is 7. The topological polar surface area (TPSA) is 353 Å². The molecule has 400 valence electrons. The van der Waals surface area contributed by atoms with Crippen molar-refractivity contribution in [2.75, 3.05) is 39.5 Å². The maximum atomic E-state index is 11.9. The van der Waals surface area contributed by atoms with Crippen LogP contribution in [0.2, 0.25) is 0 Å². The number of ketones is 1. The lowest BCUT2D eigenvalue weighted by Crippen LogP contribution is -2.52. The fraction of sp³-hybridized carbons (Fsp3) is 0.818. The molecule has 0 aromatic rings. The molecule has 8 N–H and O–H groups in total. The van der Waals surface area contributed by atoms with Crippen LogP contribution in [0.3, 0.4) is 0 Å². The van der Waals surface area contributed by atoms with Gasteiger partial charge < -0.3 is 84.0 Å². The Hall–Kier alpha value is -4.76. The summed E-state index contributed by atoms with van der Waals surface area (Å²) >= 11 is 0. The second-order valence-electron chi connectivity index (χ2n) is 20.5. The Bertz CT molecular complexity index is 1660. The number of rotatable bonds is 8. The van der Waals surface area contributed by atoms with Crippen LogP contribution in [-0.2, 0) is 52.3 Å². The molecule has 4 rings (SSSR count). The first-order chi connectivity index (χ1) is 31.3. The van der Waals surface area contributed by atoms with E-state index in [2.05, 4.69) is 10.6 Å². The molecule has 4 fully saturated rings. The molecule has 1 saturated carbocycles. The van der Waals surface area contributed by atoms with Crippen molar-refractivity contribution < 1.29 is 102 Å². The number of nitrogens with one attached hydrogen (secondary N) is 2. The number of carboxylic acids is 1. The fourth-order valence-corrected chi connectivity index (χ4v) is 5.73. The molecule has 3 aliphatic heterocycles. The molecule has 0 spiro atoms. The summed E-state index contributed by atoms with van der Waals surface area (Å²) in [5, 5.41) is 58.8. The molecule has 7 atom stereocenters. The highest BCUT2D eigenvalue weighted by molar-refractivity contribution is 5.94. The number of hydrogen-bond donors (Lipinski definition) is 8. The summed E-state index contributed by atoms with van der Waals surface area (Å²) in [5.41, 5.74) is -4.65. The molecule has 25 heteroatoms. The van der Waals surface area contributed by atoms with E-state index in [0.29, 0.717) is 25.7 Å². The molecule has 4 amide bonds. The summed E-state index contributed by atoms with van der Waals surface area (Å²) in [6.07, 6.45) is -4.16. The highest BCUT2D eigenvalue weighted by atomic mass is 16.7. The highest BCUT2D eigenvalue weighted by Gasteiger charge is 2.46. The van der Waals surface area contributed by atoms with Crippen LogP contribution in [0.25, 0.3) is 0 Å². The van der Waals surface area contributed by atoms with Gasteiger partial charge in [-0.05, 0) is 110 Å². The normalized spacial score (nSPS) is 25.1. The number of aliphatic hydroxyl groups is 5. The van der Waals surface area contributed by atoms with Gasteiger partial charge in [0.05, 0.1) is 32.9 Å². The third-order valence-electron chi connectivity index (χ3n) is 8.82. The number of nitrogens with zero attached hydrogens (tertiary/aromatic N) is 2. The summed E-state index contributed by atoms with van der Waals surface area (Å²) in [7, 11) is 0. The van der Waals surface area contributed by atoms with Crippen molar-refractivity contribution in [1.82, 2.24) is 20.4 Å². The lowest BCUT2D eigenvalue weighted by Gasteiger charge is -2.35. The molecule has 69 heavy (non-hydrogen) atoms. The smallest absolute Gasteiger partial charge is 0.413 e. The largest absolute Gasteiger partial charge is 0.479 e. The van der Waals surface area contributed by atoms with E-state index >= 15 is 0 Å². The molecule has 4 aliphatic rings. The van der Waals surface area contributed by atoms with E-state index in [-0.39, 0.29) is 44.4 Å². The third-order valence-corrected chi connectivity index (χ3v) is 8.82. The Kier molecular flexibility index (Phi) is 25.7. The number of likely N-dealkylation sites (tertiary alicyclic amines) is 1. The van der Waals surface area contributed by atoms with Gasteiger partial charge in [0, 0.05) is 25.4 Å². The molecular formula is C44H78N4O21. The Morgan fingerprint density at radius 2 is 1.20 bits per heavy atom. The summed E-state index contributed by atoms with van der Waals surface area (Å²) in [6.45, 7) is 24.9. The molecule has 1 aliphatic carbocycles. The first kappa shape index (κ1) is 64.2. The second kappa shape index (κ2) is 27.6. The van der Waals surface area contributed by atoms with Gasteiger partial charge in [-0.2, -0.15) is 0 Å². The van der Waals surface area contributed by atoms with E-state index < -0.39 is 108 Å². The summed E-state index contributed by atoms with van der Waals surface area (Å²) in [6, 6.07) is -0.921. The second-order valence-corrected chi connectivity index (χ2v) is 20.5. The number of Topliss-reactive ketones (excluding diaryl/α,β-unsaturated/α-hetero) is 1. The van der Waals surface area contributed by atoms with Gasteiger partial charge in [0.15, 0.2) is 24.0 Å². The average Bonchev–Trinajstić information content (AvgIpc) is 3.70. The Morgan fingerprint density at radius 1 is 0.754 bits per heavy atom. The van der Waals surface area contributed by atoms with E-state index in [1.807, 2.05) is 0 Å². The van der Waals surface area contributed by atoms with Crippen molar-refractivity contribution in [3.05, 3.63) is 0 Å². The van der Waals surface area contributed by atoms with Crippen molar-refractivity contribution in [3.63, 3.8) is 0 Å². The SMILES string of the molecule is CC(C)(C)OC(=O)N1C(C=O)COC1(C)C.CC(C)(C)OC(=O)N1CC(=O)C1.CC(C)(C)OC(=O)NC1CCC(O)(C(=O)O)C1.CC(C)(C)OC(=O)NCCC=O.OCC1OC(O)C(CO)OC1O. The van der Waals surface area contributed by atoms with Gasteiger partial charge >= 0.3 is 30.3 Å². The minimum atomic E-state index is -1.72. The molecule has 3 saturated heterocycles. The van der Waals surface area contributed by atoms with Crippen molar-refractivity contribution in [2.24, 2.45) is 0 Å². The number of ether oxygens (including phenoxy) is 7. The summed E-state index contributed by atoms with van der Waals surface area (Å²) in [5.74, 6) is -1.16. The first-order valence-corrected chi connectivity index (χ1v) is 22.2. The van der Waals surface area contributed by atoms with Crippen molar-refractivity contribution in [1.29, 1.82) is 0 Å². The average molecular weight is 999 g/mol. The number of aliphatic carboxylic acids is 1. The molecule has 7 unspecified atom stereocenters. The lowest BCUT2D eigenvalue weighted by atomic mass is 10.0. The molecule has 0 radical (unpaired) electrons. The monoisotopic (exact) mass is 999 g/mol. The molecule has 3 heterocycles. The predicted molar refractivity (Wildman–Crippen MR) is 241 cm³/mol. The van der Waals surface area contributed by atoms with Crippen molar-refractivity contribution in [2.45, 2.75) is 193 Å². The van der Waals surface area contributed by atoms with E-state index in [4.69, 9.17) is 58.7 Å². The number of hydrogen-bond acceptors (Lipinski definition) is 20. The maximum absolute atomic E-state index is 11.9. The maximum Gasteiger partial charge on any atom is 0.413 e. The zero-order valence-corrected chi connectivity index (χ0v) is 42.4. The van der Waals surface area contributed by atoms with Crippen LogP contribution >= 0.6 is 0 Å². The number of amides is 4. The van der Waals surface area contributed by atoms with Crippen LogP contribution < -0.4 is 10.6 Å². The van der Waals surface area contributed by atoms with Crippen LogP contribution in [0.1, 0.15) is 123 Å². The van der Waals surface area contributed by atoms with E-state index in [1.54, 1.807) is 96.9 Å². The van der Waals surface area contributed by atoms with Crippen molar-refractivity contribution in [3.8, 4) is 0 Å². The minimum Gasteiger partial charge on any atom is -0.479 e. The van der Waals surface area contributed by atoms with Gasteiger partial charge in [0.2, 0.25) is 0 Å². The standard InChI is InChI=1S/C11H19NO5.C11H19NO4.C8H13NO3.C8H15NO3.C6H12O6/c1-10(2,3)17-9(15)12-7-4-5-11(16,6-7)8(13)14;1-10(2,3)16-9(14)12-8(6-13)7-15-11(12,4)5;1-8(2,3)12-7(11)9-4-6(10)5-9;1-8(2,3)12-7(11)9-5-4-6-10;7-1-3-5(9)12-4(2-8)6(10)11-3/h7,16H,4-6H2,1-3H3,(H,12,15)(H,13,14);6,8H,7H2,1-5H3;4-5H2,1-3H3;6H,4-5H2,1-3H3,(H,9,11);3-10H,1-2H2.